The second-order valence-corrected chi connectivity index (χ2v) is 6.25. The van der Waals surface area contributed by atoms with E-state index in [1.54, 1.807) is 6.08 Å². The van der Waals surface area contributed by atoms with Crippen LogP contribution in [-0.2, 0) is 9.09 Å². The molecule has 5 heteroatoms. The summed E-state index contributed by atoms with van der Waals surface area (Å²) in [7, 11) is -1.27. The lowest BCUT2D eigenvalue weighted by molar-refractivity contribution is 0.125. The highest BCUT2D eigenvalue weighted by Gasteiger charge is 2.38. The van der Waals surface area contributed by atoms with Crippen LogP contribution in [0.2, 0.25) is 0 Å². The van der Waals surface area contributed by atoms with Gasteiger partial charge in [0.15, 0.2) is 0 Å². The van der Waals surface area contributed by atoms with Gasteiger partial charge < -0.3 is 9.63 Å². The Balaban J connectivity index is 2.93. The van der Waals surface area contributed by atoms with Gasteiger partial charge >= 0.3 is 0 Å². The van der Waals surface area contributed by atoms with Crippen molar-refractivity contribution in [1.82, 2.24) is 0 Å². The SMILES string of the molecule is CO[P@@]1(=O)CC=C(Cl)[C@@](C)(O)C1. The maximum atomic E-state index is 11.7. The van der Waals surface area contributed by atoms with E-state index >= 15 is 0 Å². The molecule has 1 aliphatic heterocycles. The summed E-state index contributed by atoms with van der Waals surface area (Å²) in [6.45, 7) is 1.54. The molecule has 0 aromatic carbocycles. The molecule has 1 N–H and O–H groups in total. The molecule has 1 rings (SSSR count). The summed E-state index contributed by atoms with van der Waals surface area (Å²) in [6, 6.07) is 0. The summed E-state index contributed by atoms with van der Waals surface area (Å²) in [5.41, 5.74) is -1.19. The van der Waals surface area contributed by atoms with Crippen LogP contribution in [-0.4, -0.2) is 30.1 Å². The van der Waals surface area contributed by atoms with Crippen LogP contribution in [0, 0.1) is 0 Å². The zero-order valence-electron chi connectivity index (χ0n) is 7.08. The average molecular weight is 211 g/mol. The van der Waals surface area contributed by atoms with E-state index in [9.17, 15) is 9.67 Å². The van der Waals surface area contributed by atoms with Gasteiger partial charge in [0.1, 0.15) is 5.60 Å². The van der Waals surface area contributed by atoms with Crippen LogP contribution in [0.25, 0.3) is 0 Å². The molecule has 0 aromatic rings. The molecule has 2 atom stereocenters. The minimum absolute atomic E-state index is 0.103. The first-order valence-corrected chi connectivity index (χ1v) is 5.99. The third kappa shape index (κ3) is 1.91. The van der Waals surface area contributed by atoms with Gasteiger partial charge in [-0.15, -0.1) is 0 Å². The van der Waals surface area contributed by atoms with E-state index in [1.807, 2.05) is 0 Å². The Morgan fingerprint density at radius 1 is 1.83 bits per heavy atom. The summed E-state index contributed by atoms with van der Waals surface area (Å²) in [5, 5.41) is 10.0. The molecule has 0 saturated heterocycles. The third-order valence-corrected chi connectivity index (χ3v) is 5.01. The highest BCUT2D eigenvalue weighted by molar-refractivity contribution is 7.59. The highest BCUT2D eigenvalue weighted by Crippen LogP contribution is 2.53. The predicted molar refractivity (Wildman–Crippen MR) is 48.9 cm³/mol. The Morgan fingerprint density at radius 2 is 2.42 bits per heavy atom. The van der Waals surface area contributed by atoms with Crippen molar-refractivity contribution in [2.24, 2.45) is 0 Å². The normalized spacial score (nSPS) is 42.5. The topological polar surface area (TPSA) is 46.5 Å². The number of halogens is 1. The highest BCUT2D eigenvalue weighted by atomic mass is 35.5. The standard InChI is InChI=1S/C7H12ClO3P/c1-7(9)5-12(10,11-2)4-3-6(7)8/h3,9H,4-5H2,1-2H3/t7-,12-/m0/s1. The maximum absolute atomic E-state index is 11.7. The van der Waals surface area contributed by atoms with E-state index in [4.69, 9.17) is 16.1 Å². The summed E-state index contributed by atoms with van der Waals surface area (Å²) >= 11 is 5.73. The molecule has 0 radical (unpaired) electrons. The molecular formula is C7H12ClO3P. The van der Waals surface area contributed by atoms with E-state index < -0.39 is 13.0 Å². The van der Waals surface area contributed by atoms with Crippen LogP contribution < -0.4 is 0 Å². The summed E-state index contributed by atoms with van der Waals surface area (Å²) in [5.74, 6) is 0. The minimum atomic E-state index is -2.66. The number of aliphatic hydroxyl groups is 1. The van der Waals surface area contributed by atoms with Crippen LogP contribution >= 0.6 is 19.0 Å². The van der Waals surface area contributed by atoms with Gasteiger partial charge in [0.05, 0.1) is 6.16 Å². The molecular weight excluding hydrogens is 199 g/mol. The van der Waals surface area contributed by atoms with Crippen molar-refractivity contribution >= 4 is 19.0 Å². The molecule has 1 heterocycles. The fourth-order valence-corrected chi connectivity index (χ4v) is 3.51. The molecule has 0 bridgehead atoms. The molecule has 0 fully saturated rings. The minimum Gasteiger partial charge on any atom is -0.384 e. The first-order chi connectivity index (χ1) is 5.40. The van der Waals surface area contributed by atoms with Crippen LogP contribution in [0.3, 0.4) is 0 Å². The average Bonchev–Trinajstić information content (AvgIpc) is 1.97. The molecule has 0 aromatic heterocycles. The summed E-state index contributed by atoms with van der Waals surface area (Å²) in [4.78, 5) is 0. The van der Waals surface area contributed by atoms with Crippen molar-refractivity contribution in [1.29, 1.82) is 0 Å². The van der Waals surface area contributed by atoms with Gasteiger partial charge in [0.25, 0.3) is 0 Å². The second-order valence-electron chi connectivity index (χ2n) is 3.16. The molecule has 0 amide bonds. The summed E-state index contributed by atoms with van der Waals surface area (Å²) in [6.07, 6.45) is 1.99. The van der Waals surface area contributed by atoms with Gasteiger partial charge in [-0.05, 0) is 6.92 Å². The van der Waals surface area contributed by atoms with Crippen LogP contribution in [0.5, 0.6) is 0 Å². The first-order valence-electron chi connectivity index (χ1n) is 3.62. The van der Waals surface area contributed by atoms with Crippen molar-refractivity contribution in [3.05, 3.63) is 11.1 Å². The van der Waals surface area contributed by atoms with Gasteiger partial charge in [-0.3, -0.25) is 4.57 Å². The quantitative estimate of drug-likeness (QED) is 0.672. The summed E-state index contributed by atoms with van der Waals surface area (Å²) < 4.78 is 16.5. The Morgan fingerprint density at radius 3 is 2.83 bits per heavy atom. The molecule has 0 unspecified atom stereocenters. The number of rotatable bonds is 1. The van der Waals surface area contributed by atoms with E-state index in [1.165, 1.54) is 14.0 Å². The van der Waals surface area contributed by atoms with Gasteiger partial charge in [0.2, 0.25) is 7.37 Å². The largest absolute Gasteiger partial charge is 0.384 e. The molecule has 0 saturated carbocycles. The number of hydrogen-bond donors (Lipinski definition) is 1. The van der Waals surface area contributed by atoms with Crippen molar-refractivity contribution in [2.45, 2.75) is 12.5 Å². The molecule has 70 valence electrons. The Kier molecular flexibility index (Phi) is 2.69. The van der Waals surface area contributed by atoms with Gasteiger partial charge in [-0.25, -0.2) is 0 Å². The van der Waals surface area contributed by atoms with E-state index in [0.717, 1.165) is 0 Å². The van der Waals surface area contributed by atoms with E-state index in [2.05, 4.69) is 0 Å². The molecule has 3 nitrogen and oxygen atoms in total. The molecule has 12 heavy (non-hydrogen) atoms. The lowest BCUT2D eigenvalue weighted by atomic mass is 10.1. The monoisotopic (exact) mass is 210 g/mol. The predicted octanol–water partition coefficient (Wildman–Crippen LogP) is 1.80. The van der Waals surface area contributed by atoms with Gasteiger partial charge in [-0.2, -0.15) is 0 Å². The van der Waals surface area contributed by atoms with E-state index in [0.29, 0.717) is 11.2 Å². The lowest BCUT2D eigenvalue weighted by Crippen LogP contribution is -2.33. The van der Waals surface area contributed by atoms with Gasteiger partial charge in [-0.1, -0.05) is 17.7 Å². The van der Waals surface area contributed by atoms with Crippen molar-refractivity contribution < 1.29 is 14.2 Å². The maximum Gasteiger partial charge on any atom is 0.209 e. The van der Waals surface area contributed by atoms with E-state index in [-0.39, 0.29) is 6.16 Å². The Hall–Kier alpha value is 0.180. The fourth-order valence-electron chi connectivity index (χ4n) is 1.19. The van der Waals surface area contributed by atoms with Crippen molar-refractivity contribution in [3.63, 3.8) is 0 Å². The van der Waals surface area contributed by atoms with Crippen molar-refractivity contribution in [2.75, 3.05) is 19.4 Å². The van der Waals surface area contributed by atoms with Crippen LogP contribution in [0.4, 0.5) is 0 Å². The Bertz CT molecular complexity index is 259. The molecule has 1 aliphatic rings. The smallest absolute Gasteiger partial charge is 0.209 e. The zero-order chi connectivity index (χ0) is 9.41. The molecule has 0 spiro atoms. The first kappa shape index (κ1) is 10.3. The number of hydrogen-bond acceptors (Lipinski definition) is 3. The second kappa shape index (κ2) is 3.15. The van der Waals surface area contributed by atoms with Crippen LogP contribution in [0.15, 0.2) is 11.1 Å². The molecule has 0 aliphatic carbocycles. The fraction of sp³-hybridized carbons (Fsp3) is 0.714. The zero-order valence-corrected chi connectivity index (χ0v) is 8.73. The van der Waals surface area contributed by atoms with Crippen LogP contribution in [0.1, 0.15) is 6.92 Å². The van der Waals surface area contributed by atoms with Crippen molar-refractivity contribution in [3.8, 4) is 0 Å². The van der Waals surface area contributed by atoms with Gasteiger partial charge in [0, 0.05) is 18.3 Å². The number of allylic oxidation sites excluding steroid dienone is 1. The lowest BCUT2D eigenvalue weighted by Gasteiger charge is -2.31. The Labute approximate surface area is 76.8 Å². The third-order valence-electron chi connectivity index (χ3n) is 1.94.